The SMILES string of the molecule is COc1cc(C#N)cc(Cl)c1OC1CCC(C)CC1. The van der Waals surface area contributed by atoms with Gasteiger partial charge in [-0.05, 0) is 37.7 Å². The van der Waals surface area contributed by atoms with Crippen molar-refractivity contribution in [1.82, 2.24) is 0 Å². The van der Waals surface area contributed by atoms with Gasteiger partial charge in [0.25, 0.3) is 0 Å². The highest BCUT2D eigenvalue weighted by Gasteiger charge is 2.22. The Kier molecular flexibility index (Phi) is 4.55. The molecule has 0 N–H and O–H groups in total. The molecular formula is C15H18ClNO2. The van der Waals surface area contributed by atoms with Crippen LogP contribution < -0.4 is 9.47 Å². The molecule has 0 radical (unpaired) electrons. The largest absolute Gasteiger partial charge is 0.493 e. The molecule has 1 aromatic carbocycles. The first kappa shape index (κ1) is 14.0. The summed E-state index contributed by atoms with van der Waals surface area (Å²) in [5.41, 5.74) is 0.478. The highest BCUT2D eigenvalue weighted by Crippen LogP contribution is 2.38. The fraction of sp³-hybridized carbons (Fsp3) is 0.533. The molecule has 0 heterocycles. The Morgan fingerprint density at radius 2 is 1.95 bits per heavy atom. The minimum absolute atomic E-state index is 0.190. The van der Waals surface area contributed by atoms with E-state index in [9.17, 15) is 0 Å². The van der Waals surface area contributed by atoms with Crippen LogP contribution in [0, 0.1) is 17.2 Å². The Labute approximate surface area is 119 Å². The van der Waals surface area contributed by atoms with Crippen molar-refractivity contribution >= 4 is 11.6 Å². The van der Waals surface area contributed by atoms with Crippen molar-refractivity contribution in [3.05, 3.63) is 22.7 Å². The van der Waals surface area contributed by atoms with Crippen LogP contribution in [0.15, 0.2) is 12.1 Å². The van der Waals surface area contributed by atoms with Crippen LogP contribution in [0.25, 0.3) is 0 Å². The molecule has 4 heteroatoms. The summed E-state index contributed by atoms with van der Waals surface area (Å²) < 4.78 is 11.3. The summed E-state index contributed by atoms with van der Waals surface area (Å²) in [6.45, 7) is 2.27. The molecule has 1 aromatic rings. The Balaban J connectivity index is 2.18. The van der Waals surface area contributed by atoms with E-state index in [0.29, 0.717) is 22.1 Å². The van der Waals surface area contributed by atoms with Crippen molar-refractivity contribution in [2.24, 2.45) is 5.92 Å². The molecular weight excluding hydrogens is 262 g/mol. The number of halogens is 1. The highest BCUT2D eigenvalue weighted by atomic mass is 35.5. The summed E-state index contributed by atoms with van der Waals surface area (Å²) in [4.78, 5) is 0. The third-order valence-corrected chi connectivity index (χ3v) is 3.89. The fourth-order valence-electron chi connectivity index (χ4n) is 2.41. The smallest absolute Gasteiger partial charge is 0.180 e. The number of methoxy groups -OCH3 is 1. The zero-order valence-electron chi connectivity index (χ0n) is 11.3. The van der Waals surface area contributed by atoms with Crippen LogP contribution in [0.1, 0.15) is 38.2 Å². The molecule has 2 rings (SSSR count). The first-order valence-corrected chi connectivity index (χ1v) is 6.96. The van der Waals surface area contributed by atoms with E-state index in [2.05, 4.69) is 13.0 Å². The summed E-state index contributed by atoms with van der Waals surface area (Å²) >= 11 is 6.18. The second-order valence-electron chi connectivity index (χ2n) is 5.10. The molecule has 0 spiro atoms. The summed E-state index contributed by atoms with van der Waals surface area (Å²) in [5.74, 6) is 1.86. The first-order chi connectivity index (χ1) is 9.13. The quantitative estimate of drug-likeness (QED) is 0.833. The topological polar surface area (TPSA) is 42.2 Å². The Bertz CT molecular complexity index is 488. The molecule has 1 aliphatic carbocycles. The van der Waals surface area contributed by atoms with Gasteiger partial charge in [0.1, 0.15) is 0 Å². The van der Waals surface area contributed by atoms with E-state index >= 15 is 0 Å². The molecule has 102 valence electrons. The maximum atomic E-state index is 8.92. The number of hydrogen-bond donors (Lipinski definition) is 0. The zero-order valence-corrected chi connectivity index (χ0v) is 12.0. The maximum absolute atomic E-state index is 8.92. The van der Waals surface area contributed by atoms with E-state index in [1.165, 1.54) is 12.8 Å². The van der Waals surface area contributed by atoms with Crippen LogP contribution >= 0.6 is 11.6 Å². The lowest BCUT2D eigenvalue weighted by Crippen LogP contribution is -2.23. The predicted octanol–water partition coefficient (Wildman–Crippen LogP) is 4.18. The van der Waals surface area contributed by atoms with Gasteiger partial charge in [0.2, 0.25) is 0 Å². The van der Waals surface area contributed by atoms with Crippen LogP contribution in [0.2, 0.25) is 5.02 Å². The average Bonchev–Trinajstić information content (AvgIpc) is 2.43. The van der Waals surface area contributed by atoms with Crippen LogP contribution in [0.4, 0.5) is 0 Å². The molecule has 1 saturated carbocycles. The van der Waals surface area contributed by atoms with Crippen molar-refractivity contribution < 1.29 is 9.47 Å². The van der Waals surface area contributed by atoms with Crippen molar-refractivity contribution in [2.45, 2.75) is 38.7 Å². The van der Waals surface area contributed by atoms with E-state index in [4.69, 9.17) is 26.3 Å². The zero-order chi connectivity index (χ0) is 13.8. The number of rotatable bonds is 3. The van der Waals surface area contributed by atoms with Gasteiger partial charge in [-0.2, -0.15) is 5.26 Å². The maximum Gasteiger partial charge on any atom is 0.180 e. The Hall–Kier alpha value is -1.40. The van der Waals surface area contributed by atoms with Gasteiger partial charge in [-0.1, -0.05) is 18.5 Å². The minimum Gasteiger partial charge on any atom is -0.493 e. The second-order valence-corrected chi connectivity index (χ2v) is 5.51. The van der Waals surface area contributed by atoms with Gasteiger partial charge < -0.3 is 9.47 Å². The van der Waals surface area contributed by atoms with Crippen molar-refractivity contribution in [1.29, 1.82) is 5.26 Å². The molecule has 1 aliphatic rings. The predicted molar refractivity (Wildman–Crippen MR) is 74.8 cm³/mol. The summed E-state index contributed by atoms with van der Waals surface area (Å²) in [7, 11) is 1.56. The van der Waals surface area contributed by atoms with Gasteiger partial charge >= 0.3 is 0 Å². The van der Waals surface area contributed by atoms with Crippen molar-refractivity contribution in [3.8, 4) is 17.6 Å². The third-order valence-electron chi connectivity index (χ3n) is 3.61. The van der Waals surface area contributed by atoms with Gasteiger partial charge in [-0.15, -0.1) is 0 Å². The van der Waals surface area contributed by atoms with E-state index in [0.717, 1.165) is 18.8 Å². The summed E-state index contributed by atoms with van der Waals surface area (Å²) in [5, 5.41) is 9.36. The molecule has 0 bridgehead atoms. The van der Waals surface area contributed by atoms with Gasteiger partial charge in [0.15, 0.2) is 11.5 Å². The molecule has 0 unspecified atom stereocenters. The third kappa shape index (κ3) is 3.33. The van der Waals surface area contributed by atoms with Crippen LogP contribution in [-0.4, -0.2) is 13.2 Å². The lowest BCUT2D eigenvalue weighted by Gasteiger charge is -2.27. The van der Waals surface area contributed by atoms with Crippen molar-refractivity contribution in [3.63, 3.8) is 0 Å². The van der Waals surface area contributed by atoms with Crippen molar-refractivity contribution in [2.75, 3.05) is 7.11 Å². The summed E-state index contributed by atoms with van der Waals surface area (Å²) in [6.07, 6.45) is 4.64. The number of nitrogens with zero attached hydrogens (tertiary/aromatic N) is 1. The number of ether oxygens (including phenoxy) is 2. The van der Waals surface area contributed by atoms with Gasteiger partial charge in [0, 0.05) is 6.07 Å². The number of benzene rings is 1. The van der Waals surface area contributed by atoms with Crippen LogP contribution in [0.3, 0.4) is 0 Å². The Morgan fingerprint density at radius 3 is 2.53 bits per heavy atom. The Morgan fingerprint density at radius 1 is 1.26 bits per heavy atom. The van der Waals surface area contributed by atoms with E-state index < -0.39 is 0 Å². The lowest BCUT2D eigenvalue weighted by molar-refractivity contribution is 0.131. The molecule has 0 aliphatic heterocycles. The molecule has 19 heavy (non-hydrogen) atoms. The van der Waals surface area contributed by atoms with Gasteiger partial charge in [-0.25, -0.2) is 0 Å². The molecule has 0 saturated heterocycles. The van der Waals surface area contributed by atoms with E-state index in [1.54, 1.807) is 19.2 Å². The molecule has 0 aromatic heterocycles. The van der Waals surface area contributed by atoms with Crippen LogP contribution in [0.5, 0.6) is 11.5 Å². The van der Waals surface area contributed by atoms with Gasteiger partial charge in [0.05, 0.1) is 29.9 Å². The molecule has 3 nitrogen and oxygen atoms in total. The normalized spacial score (nSPS) is 22.6. The summed E-state index contributed by atoms with van der Waals surface area (Å²) in [6, 6.07) is 5.33. The van der Waals surface area contributed by atoms with Gasteiger partial charge in [-0.3, -0.25) is 0 Å². The van der Waals surface area contributed by atoms with Crippen LogP contribution in [-0.2, 0) is 0 Å². The number of hydrogen-bond acceptors (Lipinski definition) is 3. The number of nitriles is 1. The molecule has 1 fully saturated rings. The lowest BCUT2D eigenvalue weighted by atomic mass is 9.89. The molecule has 0 atom stereocenters. The highest BCUT2D eigenvalue weighted by molar-refractivity contribution is 6.32. The average molecular weight is 280 g/mol. The monoisotopic (exact) mass is 279 g/mol. The second kappa shape index (κ2) is 6.16. The van der Waals surface area contributed by atoms with E-state index in [-0.39, 0.29) is 6.10 Å². The first-order valence-electron chi connectivity index (χ1n) is 6.58. The standard InChI is InChI=1S/C15H18ClNO2/c1-10-3-5-12(6-4-10)19-15-13(16)7-11(9-17)8-14(15)18-2/h7-8,10,12H,3-6H2,1-2H3. The minimum atomic E-state index is 0.190. The van der Waals surface area contributed by atoms with E-state index in [1.807, 2.05) is 0 Å². The molecule has 0 amide bonds. The fourth-order valence-corrected chi connectivity index (χ4v) is 2.67.